The minimum Gasteiger partial charge on any atom is -0.494 e. The first-order chi connectivity index (χ1) is 10.0. The van der Waals surface area contributed by atoms with E-state index in [9.17, 15) is 10.1 Å². The topological polar surface area (TPSA) is 64.4 Å². The van der Waals surface area contributed by atoms with Crippen molar-refractivity contribution in [2.45, 2.75) is 13.5 Å². The van der Waals surface area contributed by atoms with Crippen LogP contribution in [0.2, 0.25) is 5.02 Å². The van der Waals surface area contributed by atoms with Crippen LogP contribution in [0.3, 0.4) is 0 Å². The standard InChI is InChI=1S/C15H15ClN2O3/c1-10-7-13(15(21-2)8-14(10)18(19)20)17-9-11-5-3-4-6-12(11)16/h3-8,17H,9H2,1-2H3. The second-order valence-corrected chi connectivity index (χ2v) is 4.95. The minimum atomic E-state index is -0.421. The Morgan fingerprint density at radius 2 is 2.05 bits per heavy atom. The summed E-state index contributed by atoms with van der Waals surface area (Å²) in [4.78, 5) is 10.5. The van der Waals surface area contributed by atoms with Gasteiger partial charge < -0.3 is 10.1 Å². The Kier molecular flexibility index (Phi) is 4.65. The lowest BCUT2D eigenvalue weighted by molar-refractivity contribution is -0.385. The van der Waals surface area contributed by atoms with Gasteiger partial charge in [0.05, 0.1) is 23.8 Å². The van der Waals surface area contributed by atoms with Crippen LogP contribution in [0.4, 0.5) is 11.4 Å². The Labute approximate surface area is 127 Å². The highest BCUT2D eigenvalue weighted by Gasteiger charge is 2.15. The molecule has 1 N–H and O–H groups in total. The molecule has 0 saturated heterocycles. The number of aryl methyl sites for hydroxylation is 1. The van der Waals surface area contributed by atoms with E-state index in [4.69, 9.17) is 16.3 Å². The maximum absolute atomic E-state index is 10.9. The molecule has 0 fully saturated rings. The summed E-state index contributed by atoms with van der Waals surface area (Å²) in [5.74, 6) is 0.430. The van der Waals surface area contributed by atoms with E-state index in [1.165, 1.54) is 13.2 Å². The van der Waals surface area contributed by atoms with Crippen molar-refractivity contribution in [1.82, 2.24) is 0 Å². The molecule has 110 valence electrons. The summed E-state index contributed by atoms with van der Waals surface area (Å²) in [6, 6.07) is 10.6. The monoisotopic (exact) mass is 306 g/mol. The lowest BCUT2D eigenvalue weighted by Gasteiger charge is -2.13. The van der Waals surface area contributed by atoms with Gasteiger partial charge in [-0.05, 0) is 24.6 Å². The van der Waals surface area contributed by atoms with Crippen LogP contribution in [0.5, 0.6) is 5.75 Å². The molecule has 0 heterocycles. The molecule has 0 bridgehead atoms. The molecule has 2 aromatic carbocycles. The van der Waals surface area contributed by atoms with E-state index in [0.29, 0.717) is 28.6 Å². The van der Waals surface area contributed by atoms with Crippen LogP contribution in [-0.4, -0.2) is 12.0 Å². The average molecular weight is 307 g/mol. The first-order valence-electron chi connectivity index (χ1n) is 6.33. The second kappa shape index (κ2) is 6.45. The molecule has 6 heteroatoms. The zero-order valence-corrected chi connectivity index (χ0v) is 12.5. The minimum absolute atomic E-state index is 0.0372. The predicted molar refractivity (Wildman–Crippen MR) is 83.2 cm³/mol. The highest BCUT2D eigenvalue weighted by atomic mass is 35.5. The second-order valence-electron chi connectivity index (χ2n) is 4.54. The number of nitrogens with zero attached hydrogens (tertiary/aromatic N) is 1. The molecule has 0 aliphatic carbocycles. The lowest BCUT2D eigenvalue weighted by atomic mass is 10.1. The Balaban J connectivity index is 2.26. The number of nitrogens with one attached hydrogen (secondary N) is 1. The van der Waals surface area contributed by atoms with Crippen molar-refractivity contribution in [3.8, 4) is 5.75 Å². The van der Waals surface area contributed by atoms with Gasteiger partial charge in [0.25, 0.3) is 5.69 Å². The summed E-state index contributed by atoms with van der Waals surface area (Å²) in [6.45, 7) is 2.20. The highest BCUT2D eigenvalue weighted by Crippen LogP contribution is 2.32. The normalized spacial score (nSPS) is 10.2. The van der Waals surface area contributed by atoms with Crippen LogP contribution in [0.25, 0.3) is 0 Å². The number of nitro benzene ring substituents is 1. The van der Waals surface area contributed by atoms with Crippen molar-refractivity contribution in [2.24, 2.45) is 0 Å². The van der Waals surface area contributed by atoms with Crippen LogP contribution >= 0.6 is 11.6 Å². The van der Waals surface area contributed by atoms with Crippen molar-refractivity contribution >= 4 is 23.0 Å². The Morgan fingerprint density at radius 3 is 2.67 bits per heavy atom. The summed E-state index contributed by atoms with van der Waals surface area (Å²) in [5.41, 5.74) is 2.25. The Morgan fingerprint density at radius 1 is 1.33 bits per heavy atom. The molecule has 0 aliphatic heterocycles. The molecule has 0 atom stereocenters. The molecular formula is C15H15ClN2O3. The number of anilines is 1. The third-order valence-electron chi connectivity index (χ3n) is 3.14. The summed E-state index contributed by atoms with van der Waals surface area (Å²) in [5, 5.41) is 14.8. The van der Waals surface area contributed by atoms with Gasteiger partial charge in [-0.2, -0.15) is 0 Å². The van der Waals surface area contributed by atoms with Gasteiger partial charge >= 0.3 is 0 Å². The summed E-state index contributed by atoms with van der Waals surface area (Å²) in [6.07, 6.45) is 0. The van der Waals surface area contributed by atoms with Gasteiger partial charge in [0.2, 0.25) is 0 Å². The SMILES string of the molecule is COc1cc([N+](=O)[O-])c(C)cc1NCc1ccccc1Cl. The zero-order chi connectivity index (χ0) is 15.4. The molecule has 2 aromatic rings. The molecule has 0 spiro atoms. The van der Waals surface area contributed by atoms with Gasteiger partial charge in [-0.3, -0.25) is 10.1 Å². The zero-order valence-electron chi connectivity index (χ0n) is 11.7. The van der Waals surface area contributed by atoms with Crippen molar-refractivity contribution in [1.29, 1.82) is 0 Å². The number of benzene rings is 2. The van der Waals surface area contributed by atoms with E-state index in [0.717, 1.165) is 5.56 Å². The van der Waals surface area contributed by atoms with E-state index < -0.39 is 4.92 Å². The fourth-order valence-corrected chi connectivity index (χ4v) is 2.22. The van der Waals surface area contributed by atoms with Crippen LogP contribution < -0.4 is 10.1 Å². The molecule has 5 nitrogen and oxygen atoms in total. The number of nitro groups is 1. The fourth-order valence-electron chi connectivity index (χ4n) is 2.01. The predicted octanol–water partition coefficient (Wildman–Crippen LogP) is 4.18. The molecule has 0 saturated carbocycles. The van der Waals surface area contributed by atoms with Crippen LogP contribution in [0.1, 0.15) is 11.1 Å². The van der Waals surface area contributed by atoms with E-state index in [2.05, 4.69) is 5.32 Å². The maximum atomic E-state index is 10.9. The quantitative estimate of drug-likeness (QED) is 0.665. The molecule has 0 amide bonds. The van der Waals surface area contributed by atoms with Gasteiger partial charge in [-0.1, -0.05) is 29.8 Å². The number of rotatable bonds is 5. The third kappa shape index (κ3) is 3.44. The molecule has 0 unspecified atom stereocenters. The van der Waals surface area contributed by atoms with Crippen LogP contribution in [0.15, 0.2) is 36.4 Å². The fraction of sp³-hybridized carbons (Fsp3) is 0.200. The Hall–Kier alpha value is -2.27. The van der Waals surface area contributed by atoms with E-state index in [1.54, 1.807) is 13.0 Å². The molecule has 0 aromatic heterocycles. The van der Waals surface area contributed by atoms with E-state index in [-0.39, 0.29) is 5.69 Å². The first kappa shape index (κ1) is 15.1. The average Bonchev–Trinajstić information content (AvgIpc) is 2.46. The largest absolute Gasteiger partial charge is 0.494 e. The van der Waals surface area contributed by atoms with E-state index >= 15 is 0 Å². The van der Waals surface area contributed by atoms with Crippen LogP contribution in [0, 0.1) is 17.0 Å². The maximum Gasteiger partial charge on any atom is 0.276 e. The van der Waals surface area contributed by atoms with Crippen molar-refractivity contribution in [3.05, 3.63) is 62.7 Å². The molecule has 21 heavy (non-hydrogen) atoms. The lowest BCUT2D eigenvalue weighted by Crippen LogP contribution is -2.03. The van der Waals surface area contributed by atoms with Gasteiger partial charge in [-0.15, -0.1) is 0 Å². The first-order valence-corrected chi connectivity index (χ1v) is 6.71. The molecule has 0 aliphatic rings. The van der Waals surface area contributed by atoms with Crippen molar-refractivity contribution in [2.75, 3.05) is 12.4 Å². The molecular weight excluding hydrogens is 292 g/mol. The summed E-state index contributed by atoms with van der Waals surface area (Å²) >= 11 is 6.10. The highest BCUT2D eigenvalue weighted by molar-refractivity contribution is 6.31. The third-order valence-corrected chi connectivity index (χ3v) is 3.51. The van der Waals surface area contributed by atoms with Gasteiger partial charge in [-0.25, -0.2) is 0 Å². The number of methoxy groups -OCH3 is 1. The van der Waals surface area contributed by atoms with Crippen molar-refractivity contribution in [3.63, 3.8) is 0 Å². The van der Waals surface area contributed by atoms with Gasteiger partial charge in [0.15, 0.2) is 0 Å². The number of hydrogen-bond donors (Lipinski definition) is 1. The van der Waals surface area contributed by atoms with Crippen molar-refractivity contribution < 1.29 is 9.66 Å². The number of halogens is 1. The molecule has 0 radical (unpaired) electrons. The number of ether oxygens (including phenoxy) is 1. The summed E-state index contributed by atoms with van der Waals surface area (Å²) < 4.78 is 5.21. The van der Waals surface area contributed by atoms with Crippen LogP contribution in [-0.2, 0) is 6.54 Å². The molecule has 2 rings (SSSR count). The summed E-state index contributed by atoms with van der Waals surface area (Å²) in [7, 11) is 1.48. The Bertz CT molecular complexity index is 674. The number of hydrogen-bond acceptors (Lipinski definition) is 4. The van der Waals surface area contributed by atoms with Gasteiger partial charge in [0, 0.05) is 17.1 Å². The van der Waals surface area contributed by atoms with E-state index in [1.807, 2.05) is 24.3 Å². The smallest absolute Gasteiger partial charge is 0.276 e. The van der Waals surface area contributed by atoms with Gasteiger partial charge in [0.1, 0.15) is 5.75 Å².